The molecule has 0 spiro atoms. The Labute approximate surface area is 210 Å². The van der Waals surface area contributed by atoms with Crippen molar-refractivity contribution in [2.45, 2.75) is 32.7 Å². The second-order valence-corrected chi connectivity index (χ2v) is 8.90. The summed E-state index contributed by atoms with van der Waals surface area (Å²) in [5.74, 6) is -0.700. The Hall–Kier alpha value is -3.73. The molecule has 2 heterocycles. The lowest BCUT2D eigenvalue weighted by molar-refractivity contribution is -0.220. The zero-order valence-corrected chi connectivity index (χ0v) is 21.1. The molecule has 0 atom stereocenters. The van der Waals surface area contributed by atoms with Gasteiger partial charge in [0.1, 0.15) is 11.5 Å². The molecule has 4 rings (SSSR count). The van der Waals surface area contributed by atoms with Gasteiger partial charge < -0.3 is 29.9 Å². The average molecular weight is 493 g/mol. The van der Waals surface area contributed by atoms with Crippen molar-refractivity contribution < 1.29 is 19.7 Å². The molecule has 2 aromatic carbocycles. The van der Waals surface area contributed by atoms with Gasteiger partial charge in [-0.2, -0.15) is 5.10 Å². The smallest absolute Gasteiger partial charge is 0.262 e. The molecule has 0 amide bonds. The van der Waals surface area contributed by atoms with Gasteiger partial charge in [-0.05, 0) is 18.2 Å². The van der Waals surface area contributed by atoms with Crippen molar-refractivity contribution in [3.8, 4) is 22.8 Å². The molecule has 4 aromatic rings. The lowest BCUT2D eigenvalue weighted by Crippen LogP contribution is -2.32. The minimum absolute atomic E-state index is 0.359. The summed E-state index contributed by atoms with van der Waals surface area (Å²) >= 11 is 0. The third-order valence-corrected chi connectivity index (χ3v) is 5.69. The van der Waals surface area contributed by atoms with Gasteiger partial charge >= 0.3 is 0 Å². The van der Waals surface area contributed by atoms with Gasteiger partial charge in [0.05, 0.1) is 43.3 Å². The first kappa shape index (κ1) is 25.4. The fourth-order valence-electron chi connectivity index (χ4n) is 3.81. The lowest BCUT2D eigenvalue weighted by Gasteiger charge is -2.27. The Bertz CT molecular complexity index is 1310. The third kappa shape index (κ3) is 5.73. The average Bonchev–Trinajstić information content (AvgIpc) is 3.37. The molecular formula is C26H32N6O4. The molecule has 36 heavy (non-hydrogen) atoms. The minimum Gasteiger partial charge on any atom is -0.497 e. The Balaban J connectivity index is 1.74. The summed E-state index contributed by atoms with van der Waals surface area (Å²) in [6.45, 7) is 6.93. The Kier molecular flexibility index (Phi) is 7.39. The van der Waals surface area contributed by atoms with E-state index >= 15 is 0 Å². The first-order valence-electron chi connectivity index (χ1n) is 11.7. The van der Waals surface area contributed by atoms with Crippen LogP contribution in [0.15, 0.2) is 55.0 Å². The molecule has 0 unspecified atom stereocenters. The number of aliphatic hydroxyl groups is 2. The molecule has 2 aromatic heterocycles. The number of nitrogens with one attached hydrogen (secondary N) is 1. The summed E-state index contributed by atoms with van der Waals surface area (Å²) in [4.78, 5) is 11.5. The molecule has 0 radical (unpaired) electrons. The Morgan fingerprint density at radius 1 is 1.00 bits per heavy atom. The number of fused-ring (bicyclic) bond motifs is 1. The SMILES string of the molecule is COc1cc(OC)cc(N(CCNC(C)C)c2ccc3ncc(-c4cnn(C(C)(O)O)c4)nc3c2)c1. The van der Waals surface area contributed by atoms with Gasteiger partial charge in [-0.15, -0.1) is 0 Å². The lowest BCUT2D eigenvalue weighted by atomic mass is 10.2. The van der Waals surface area contributed by atoms with E-state index in [-0.39, 0.29) is 0 Å². The van der Waals surface area contributed by atoms with Crippen molar-refractivity contribution in [1.29, 1.82) is 0 Å². The van der Waals surface area contributed by atoms with Crippen molar-refractivity contribution in [3.05, 3.63) is 55.0 Å². The number of aromatic nitrogens is 4. The van der Waals surface area contributed by atoms with Crippen LogP contribution in [0.1, 0.15) is 20.8 Å². The van der Waals surface area contributed by atoms with Gasteiger partial charge in [-0.1, -0.05) is 13.8 Å². The van der Waals surface area contributed by atoms with Gasteiger partial charge in [-0.25, -0.2) is 9.67 Å². The van der Waals surface area contributed by atoms with Crippen LogP contribution in [0.4, 0.5) is 11.4 Å². The van der Waals surface area contributed by atoms with Crippen LogP contribution in [0, 0.1) is 0 Å². The van der Waals surface area contributed by atoms with E-state index in [4.69, 9.17) is 14.5 Å². The number of nitrogens with zero attached hydrogens (tertiary/aromatic N) is 5. The maximum Gasteiger partial charge on any atom is 0.262 e. The van der Waals surface area contributed by atoms with Crippen LogP contribution < -0.4 is 19.7 Å². The fraction of sp³-hybridized carbons (Fsp3) is 0.346. The molecule has 0 bridgehead atoms. The number of benzene rings is 2. The van der Waals surface area contributed by atoms with Gasteiger partial charge in [0.15, 0.2) is 0 Å². The van der Waals surface area contributed by atoms with Crippen LogP contribution in [0.3, 0.4) is 0 Å². The zero-order valence-electron chi connectivity index (χ0n) is 21.1. The van der Waals surface area contributed by atoms with E-state index in [9.17, 15) is 10.2 Å². The van der Waals surface area contributed by atoms with E-state index in [1.807, 2.05) is 36.4 Å². The second-order valence-electron chi connectivity index (χ2n) is 8.90. The van der Waals surface area contributed by atoms with E-state index in [0.717, 1.165) is 28.1 Å². The highest BCUT2D eigenvalue weighted by atomic mass is 16.5. The molecule has 190 valence electrons. The summed E-state index contributed by atoms with van der Waals surface area (Å²) in [6, 6.07) is 12.1. The predicted molar refractivity (Wildman–Crippen MR) is 139 cm³/mol. The van der Waals surface area contributed by atoms with Crippen molar-refractivity contribution in [1.82, 2.24) is 25.1 Å². The van der Waals surface area contributed by atoms with Crippen LogP contribution in [0.5, 0.6) is 11.5 Å². The van der Waals surface area contributed by atoms with Gasteiger partial charge in [0.2, 0.25) is 0 Å². The fourth-order valence-corrected chi connectivity index (χ4v) is 3.81. The molecule has 3 N–H and O–H groups in total. The molecule has 0 saturated carbocycles. The van der Waals surface area contributed by atoms with E-state index in [2.05, 4.69) is 34.1 Å². The number of ether oxygens (including phenoxy) is 2. The number of rotatable bonds is 10. The molecule has 0 aliphatic carbocycles. The molecule has 0 aliphatic heterocycles. The van der Waals surface area contributed by atoms with Crippen LogP contribution >= 0.6 is 0 Å². The van der Waals surface area contributed by atoms with E-state index in [1.165, 1.54) is 19.3 Å². The van der Waals surface area contributed by atoms with Gasteiger partial charge in [0, 0.05) is 67.4 Å². The highest BCUT2D eigenvalue weighted by Gasteiger charge is 2.20. The van der Waals surface area contributed by atoms with Crippen LogP contribution in [-0.2, 0) is 5.91 Å². The topological polar surface area (TPSA) is 118 Å². The van der Waals surface area contributed by atoms with Crippen LogP contribution in [-0.4, -0.2) is 63.3 Å². The second kappa shape index (κ2) is 10.5. The quantitative estimate of drug-likeness (QED) is 0.287. The summed E-state index contributed by atoms with van der Waals surface area (Å²) in [6.07, 6.45) is 4.69. The van der Waals surface area contributed by atoms with Crippen molar-refractivity contribution in [2.75, 3.05) is 32.2 Å². The largest absolute Gasteiger partial charge is 0.497 e. The normalized spacial score (nSPS) is 11.8. The molecule has 10 nitrogen and oxygen atoms in total. The zero-order chi connectivity index (χ0) is 25.9. The number of hydrogen-bond acceptors (Lipinski definition) is 9. The van der Waals surface area contributed by atoms with Crippen molar-refractivity contribution in [3.63, 3.8) is 0 Å². The minimum atomic E-state index is -2.10. The van der Waals surface area contributed by atoms with Crippen LogP contribution in [0.2, 0.25) is 0 Å². The number of anilines is 2. The van der Waals surface area contributed by atoms with Gasteiger partial charge in [0.25, 0.3) is 5.91 Å². The maximum atomic E-state index is 9.80. The highest BCUT2D eigenvalue weighted by Crippen LogP contribution is 2.34. The van der Waals surface area contributed by atoms with Crippen molar-refractivity contribution in [2.24, 2.45) is 0 Å². The predicted octanol–water partition coefficient (Wildman–Crippen LogP) is 3.26. The monoisotopic (exact) mass is 492 g/mol. The number of methoxy groups -OCH3 is 2. The van der Waals surface area contributed by atoms with E-state index in [1.54, 1.807) is 20.4 Å². The van der Waals surface area contributed by atoms with E-state index in [0.29, 0.717) is 40.9 Å². The molecule has 0 fully saturated rings. The van der Waals surface area contributed by atoms with Gasteiger partial charge in [-0.3, -0.25) is 4.98 Å². The summed E-state index contributed by atoms with van der Waals surface area (Å²) in [7, 11) is 3.27. The highest BCUT2D eigenvalue weighted by molar-refractivity contribution is 5.82. The van der Waals surface area contributed by atoms with Crippen molar-refractivity contribution >= 4 is 22.4 Å². The summed E-state index contributed by atoms with van der Waals surface area (Å²) < 4.78 is 12.1. The molecule has 0 aliphatic rings. The molecular weight excluding hydrogens is 460 g/mol. The summed E-state index contributed by atoms with van der Waals surface area (Å²) in [5, 5.41) is 27.1. The third-order valence-electron chi connectivity index (χ3n) is 5.69. The number of hydrogen-bond donors (Lipinski definition) is 3. The Morgan fingerprint density at radius 3 is 2.33 bits per heavy atom. The maximum absolute atomic E-state index is 9.80. The first-order chi connectivity index (χ1) is 17.2. The Morgan fingerprint density at radius 2 is 1.72 bits per heavy atom. The molecule has 0 saturated heterocycles. The van der Waals surface area contributed by atoms with Crippen LogP contribution in [0.25, 0.3) is 22.3 Å². The molecule has 10 heteroatoms. The standard InChI is InChI=1S/C26H32N6O4/c1-17(2)27-8-9-31(20-10-21(35-4)13-22(11-20)36-5)19-6-7-23-24(12-19)30-25(15-28-23)18-14-29-32(16-18)26(3,33)34/h6-7,10-17,27,33-34H,8-9H2,1-5H3. The summed E-state index contributed by atoms with van der Waals surface area (Å²) in [5.41, 5.74) is 4.50. The van der Waals surface area contributed by atoms with E-state index < -0.39 is 5.91 Å². The first-order valence-corrected chi connectivity index (χ1v) is 11.7.